The zero-order valence-electron chi connectivity index (χ0n) is 15.0. The van der Waals surface area contributed by atoms with Crippen molar-refractivity contribution in [3.63, 3.8) is 0 Å². The number of nitrogens with one attached hydrogen (secondary N) is 2. The van der Waals surface area contributed by atoms with Crippen LogP contribution in [-0.2, 0) is 19.6 Å². The summed E-state index contributed by atoms with van der Waals surface area (Å²) in [5, 5.41) is 39.6. The lowest BCUT2D eigenvalue weighted by Crippen LogP contribution is -2.68. The average molecular weight is 417 g/mol. The molecule has 1 aromatic carbocycles. The van der Waals surface area contributed by atoms with Crippen molar-refractivity contribution in [2.45, 2.75) is 48.8 Å². The highest BCUT2D eigenvalue weighted by Gasteiger charge is 2.45. The molecule has 1 saturated heterocycles. The fourth-order valence-corrected chi connectivity index (χ4v) is 3.21. The number of carbonyl (C=O) groups is 2. The number of aliphatic hydroxyl groups is 3. The molecule has 2 amide bonds. The lowest BCUT2D eigenvalue weighted by molar-refractivity contribution is -0.201. The lowest BCUT2D eigenvalue weighted by atomic mass is 9.95. The van der Waals surface area contributed by atoms with Crippen LogP contribution in [0.15, 0.2) is 29.2 Å². The van der Waals surface area contributed by atoms with Crippen molar-refractivity contribution < 1.29 is 38.1 Å². The maximum Gasteiger partial charge on any atom is 0.251 e. The van der Waals surface area contributed by atoms with Gasteiger partial charge in [-0.05, 0) is 24.3 Å². The van der Waals surface area contributed by atoms with Crippen molar-refractivity contribution in [3.05, 3.63) is 29.8 Å². The Kier molecular flexibility index (Phi) is 7.09. The van der Waals surface area contributed by atoms with Gasteiger partial charge in [0.15, 0.2) is 6.23 Å². The molecule has 0 spiro atoms. The van der Waals surface area contributed by atoms with Gasteiger partial charge < -0.3 is 30.7 Å². The summed E-state index contributed by atoms with van der Waals surface area (Å²) in [5.41, 5.74) is 0.0546. The molecule has 1 heterocycles. The smallest absolute Gasteiger partial charge is 0.251 e. The Morgan fingerprint density at radius 3 is 2.25 bits per heavy atom. The van der Waals surface area contributed by atoms with E-state index in [4.69, 9.17) is 9.88 Å². The van der Waals surface area contributed by atoms with Crippen molar-refractivity contribution in [2.24, 2.45) is 5.14 Å². The summed E-state index contributed by atoms with van der Waals surface area (Å²) >= 11 is 0. The Bertz CT molecular complexity index is 814. The number of sulfonamides is 1. The van der Waals surface area contributed by atoms with Gasteiger partial charge >= 0.3 is 0 Å². The second-order valence-corrected chi connectivity index (χ2v) is 7.81. The molecule has 28 heavy (non-hydrogen) atoms. The third-order valence-electron chi connectivity index (χ3n) is 4.29. The van der Waals surface area contributed by atoms with Crippen LogP contribution in [0.5, 0.6) is 0 Å². The van der Waals surface area contributed by atoms with E-state index in [2.05, 4.69) is 10.6 Å². The summed E-state index contributed by atoms with van der Waals surface area (Å²) in [7, 11) is -3.92. The predicted molar refractivity (Wildman–Crippen MR) is 95.3 cm³/mol. The number of rotatable bonds is 6. The number of aliphatic hydroxyl groups excluding tert-OH is 3. The molecule has 1 fully saturated rings. The summed E-state index contributed by atoms with van der Waals surface area (Å²) in [4.78, 5) is 24.0. The second kappa shape index (κ2) is 8.94. The molecule has 0 unspecified atom stereocenters. The molecule has 2 rings (SSSR count). The topological polar surface area (TPSA) is 188 Å². The van der Waals surface area contributed by atoms with E-state index in [0.717, 1.165) is 12.1 Å². The minimum absolute atomic E-state index is 0.0546. The first-order valence-electron chi connectivity index (χ1n) is 8.44. The van der Waals surface area contributed by atoms with E-state index in [0.29, 0.717) is 0 Å². The van der Waals surface area contributed by atoms with Gasteiger partial charge in [-0.1, -0.05) is 6.92 Å². The van der Waals surface area contributed by atoms with Crippen LogP contribution in [0.2, 0.25) is 0 Å². The second-order valence-electron chi connectivity index (χ2n) is 6.25. The molecular weight excluding hydrogens is 394 g/mol. The van der Waals surface area contributed by atoms with Crippen LogP contribution in [0.4, 0.5) is 0 Å². The van der Waals surface area contributed by atoms with E-state index in [1.807, 2.05) is 0 Å². The molecule has 0 aromatic heterocycles. The molecular formula is C16H23N3O8S. The summed E-state index contributed by atoms with van der Waals surface area (Å²) in [6.07, 6.45) is -5.29. The molecule has 7 N–H and O–H groups in total. The third kappa shape index (κ3) is 5.04. The van der Waals surface area contributed by atoms with Gasteiger partial charge in [0, 0.05) is 12.0 Å². The molecule has 0 bridgehead atoms. The first kappa shape index (κ1) is 22.2. The van der Waals surface area contributed by atoms with Gasteiger partial charge in [0.05, 0.1) is 11.5 Å². The number of hydrogen-bond acceptors (Lipinski definition) is 8. The number of hydrogen-bond donors (Lipinski definition) is 6. The van der Waals surface area contributed by atoms with Crippen LogP contribution in [0.1, 0.15) is 23.7 Å². The van der Waals surface area contributed by atoms with Crippen molar-refractivity contribution in [1.29, 1.82) is 0 Å². The minimum atomic E-state index is -3.92. The SMILES string of the molecule is CCC(=O)N[C@@H]1O[C@H](CO)[C@@H](O)[C@H](O)[C@H]1NC(=O)c1ccc(S(N)(=O)=O)cc1. The van der Waals surface area contributed by atoms with Gasteiger partial charge in [-0.25, -0.2) is 13.6 Å². The van der Waals surface area contributed by atoms with Crippen molar-refractivity contribution in [1.82, 2.24) is 10.6 Å². The van der Waals surface area contributed by atoms with E-state index < -0.39 is 59.0 Å². The van der Waals surface area contributed by atoms with Gasteiger partial charge in [-0.15, -0.1) is 0 Å². The predicted octanol–water partition coefficient (Wildman–Crippen LogP) is -2.60. The molecule has 1 aromatic rings. The van der Waals surface area contributed by atoms with Crippen LogP contribution >= 0.6 is 0 Å². The maximum absolute atomic E-state index is 12.5. The monoisotopic (exact) mass is 417 g/mol. The Morgan fingerprint density at radius 2 is 1.75 bits per heavy atom. The molecule has 0 aliphatic carbocycles. The van der Waals surface area contributed by atoms with Gasteiger partial charge in [0.1, 0.15) is 24.4 Å². The Hall–Kier alpha value is -2.09. The summed E-state index contributed by atoms with van der Waals surface area (Å²) in [6.45, 7) is 0.986. The molecule has 0 saturated carbocycles. The molecule has 1 aliphatic heterocycles. The number of amides is 2. The fourth-order valence-electron chi connectivity index (χ4n) is 2.69. The Morgan fingerprint density at radius 1 is 1.14 bits per heavy atom. The van der Waals surface area contributed by atoms with E-state index >= 15 is 0 Å². The number of primary sulfonamides is 1. The zero-order chi connectivity index (χ0) is 21.1. The summed E-state index contributed by atoms with van der Waals surface area (Å²) in [6, 6.07) is 3.50. The maximum atomic E-state index is 12.5. The van der Waals surface area contributed by atoms with E-state index in [9.17, 15) is 33.3 Å². The first-order chi connectivity index (χ1) is 13.1. The van der Waals surface area contributed by atoms with Crippen LogP contribution in [0.3, 0.4) is 0 Å². The number of nitrogens with two attached hydrogens (primary N) is 1. The summed E-state index contributed by atoms with van der Waals surface area (Å²) < 4.78 is 28.0. The molecule has 5 atom stereocenters. The molecule has 12 heteroatoms. The number of ether oxygens (including phenoxy) is 1. The van der Waals surface area contributed by atoms with Crippen molar-refractivity contribution in [2.75, 3.05) is 6.61 Å². The first-order valence-corrected chi connectivity index (χ1v) is 9.98. The number of benzene rings is 1. The van der Waals surface area contributed by atoms with Gasteiger partial charge in [-0.2, -0.15) is 0 Å². The van der Waals surface area contributed by atoms with Gasteiger partial charge in [0.25, 0.3) is 5.91 Å². The Balaban J connectivity index is 2.21. The largest absolute Gasteiger partial charge is 0.394 e. The Labute approximate surface area is 161 Å². The highest BCUT2D eigenvalue weighted by Crippen LogP contribution is 2.21. The van der Waals surface area contributed by atoms with Crippen molar-refractivity contribution in [3.8, 4) is 0 Å². The van der Waals surface area contributed by atoms with E-state index in [1.54, 1.807) is 6.92 Å². The molecule has 156 valence electrons. The third-order valence-corrected chi connectivity index (χ3v) is 5.22. The molecule has 0 radical (unpaired) electrons. The summed E-state index contributed by atoms with van der Waals surface area (Å²) in [5.74, 6) is -1.14. The van der Waals surface area contributed by atoms with Crippen LogP contribution < -0.4 is 15.8 Å². The van der Waals surface area contributed by atoms with E-state index in [1.165, 1.54) is 12.1 Å². The van der Waals surface area contributed by atoms with Gasteiger partial charge in [-0.3, -0.25) is 9.59 Å². The van der Waals surface area contributed by atoms with Crippen LogP contribution in [0, 0.1) is 0 Å². The fraction of sp³-hybridized carbons (Fsp3) is 0.500. The standard InChI is InChI=1S/C16H23N3O8S/c1-2-11(21)18-16-12(14(23)13(22)10(7-20)27-16)19-15(24)8-3-5-9(6-4-8)28(17,25)26/h3-6,10,12-14,16,20,22-23H,2,7H2,1H3,(H,18,21)(H,19,24)(H2,17,25,26)/t10-,12-,13-,14-,16-/m1/s1. The zero-order valence-corrected chi connectivity index (χ0v) is 15.8. The van der Waals surface area contributed by atoms with Gasteiger partial charge in [0.2, 0.25) is 15.9 Å². The molecule has 11 nitrogen and oxygen atoms in total. The lowest BCUT2D eigenvalue weighted by Gasteiger charge is -2.42. The average Bonchev–Trinajstić information content (AvgIpc) is 2.66. The molecule has 1 aliphatic rings. The normalized spacial score (nSPS) is 27.8. The highest BCUT2D eigenvalue weighted by molar-refractivity contribution is 7.89. The van der Waals surface area contributed by atoms with Crippen LogP contribution in [-0.4, -0.2) is 72.7 Å². The van der Waals surface area contributed by atoms with Crippen LogP contribution in [0.25, 0.3) is 0 Å². The highest BCUT2D eigenvalue weighted by atomic mass is 32.2. The van der Waals surface area contributed by atoms with Crippen molar-refractivity contribution >= 4 is 21.8 Å². The quantitative estimate of drug-likeness (QED) is 0.290. The minimum Gasteiger partial charge on any atom is -0.394 e. The van der Waals surface area contributed by atoms with E-state index in [-0.39, 0.29) is 16.9 Å². The number of carbonyl (C=O) groups excluding carboxylic acids is 2.